The number of hydrogen-bond acceptors (Lipinski definition) is 3. The number of aryl methyl sites for hydroxylation is 1. The normalized spacial score (nSPS) is 16.7. The summed E-state index contributed by atoms with van der Waals surface area (Å²) in [6, 6.07) is 17.6. The highest BCUT2D eigenvalue weighted by Crippen LogP contribution is 2.21. The topological polar surface area (TPSA) is 38.8 Å². The van der Waals surface area contributed by atoms with Gasteiger partial charge in [0.25, 0.3) is 5.91 Å². The Morgan fingerprint density at radius 3 is 2.52 bits per heavy atom. The van der Waals surface area contributed by atoms with Crippen molar-refractivity contribution in [3.8, 4) is 11.5 Å². The standard InChI is InChI=1S/C21H25NO3/c1-17-7-9-20(10-8-17)25-16-21(23)22-13-11-18(15-22)12-14-24-19-5-3-2-4-6-19/h2-10,18H,11-16H2,1H3. The third kappa shape index (κ3) is 5.24. The molecule has 2 aromatic rings. The Hall–Kier alpha value is -2.49. The zero-order chi connectivity index (χ0) is 17.5. The molecule has 0 N–H and O–H groups in total. The van der Waals surface area contributed by atoms with Crippen LogP contribution in [-0.2, 0) is 4.79 Å². The quantitative estimate of drug-likeness (QED) is 0.772. The average molecular weight is 339 g/mol. The van der Waals surface area contributed by atoms with E-state index in [2.05, 4.69) is 0 Å². The van der Waals surface area contributed by atoms with Crippen LogP contribution in [0.4, 0.5) is 0 Å². The summed E-state index contributed by atoms with van der Waals surface area (Å²) in [5.74, 6) is 2.21. The second-order valence-corrected chi connectivity index (χ2v) is 6.55. The number of para-hydroxylation sites is 1. The maximum absolute atomic E-state index is 12.3. The Kier molecular flexibility index (Phi) is 5.94. The minimum Gasteiger partial charge on any atom is -0.494 e. The zero-order valence-corrected chi connectivity index (χ0v) is 14.7. The molecule has 25 heavy (non-hydrogen) atoms. The van der Waals surface area contributed by atoms with Crippen LogP contribution in [0.1, 0.15) is 18.4 Å². The van der Waals surface area contributed by atoms with Crippen molar-refractivity contribution in [1.82, 2.24) is 4.90 Å². The molecule has 3 rings (SSSR count). The van der Waals surface area contributed by atoms with Crippen molar-refractivity contribution < 1.29 is 14.3 Å². The van der Waals surface area contributed by atoms with Crippen LogP contribution in [0, 0.1) is 12.8 Å². The Morgan fingerprint density at radius 2 is 1.76 bits per heavy atom. The summed E-state index contributed by atoms with van der Waals surface area (Å²) < 4.78 is 11.3. The fourth-order valence-corrected chi connectivity index (χ4v) is 3.03. The number of benzene rings is 2. The molecule has 0 saturated carbocycles. The van der Waals surface area contributed by atoms with Gasteiger partial charge in [0.15, 0.2) is 6.61 Å². The molecule has 2 aromatic carbocycles. The molecule has 0 bridgehead atoms. The number of rotatable bonds is 7. The molecule has 132 valence electrons. The van der Waals surface area contributed by atoms with E-state index in [0.717, 1.165) is 37.4 Å². The van der Waals surface area contributed by atoms with Crippen molar-refractivity contribution in [1.29, 1.82) is 0 Å². The average Bonchev–Trinajstić information content (AvgIpc) is 3.11. The van der Waals surface area contributed by atoms with Gasteiger partial charge in [0, 0.05) is 13.1 Å². The molecule has 0 spiro atoms. The third-order valence-electron chi connectivity index (χ3n) is 4.56. The largest absolute Gasteiger partial charge is 0.494 e. The summed E-state index contributed by atoms with van der Waals surface area (Å²) in [4.78, 5) is 14.2. The van der Waals surface area contributed by atoms with Crippen LogP contribution in [-0.4, -0.2) is 37.1 Å². The Labute approximate surface area is 149 Å². The molecular formula is C21H25NO3. The fourth-order valence-electron chi connectivity index (χ4n) is 3.03. The minimum atomic E-state index is 0.0621. The van der Waals surface area contributed by atoms with Crippen LogP contribution < -0.4 is 9.47 Å². The van der Waals surface area contributed by atoms with E-state index in [9.17, 15) is 4.79 Å². The lowest BCUT2D eigenvalue weighted by atomic mass is 10.1. The van der Waals surface area contributed by atoms with E-state index < -0.39 is 0 Å². The molecule has 1 atom stereocenters. The Bertz CT molecular complexity index is 669. The van der Waals surface area contributed by atoms with Gasteiger partial charge in [-0.3, -0.25) is 4.79 Å². The van der Waals surface area contributed by atoms with Crippen molar-refractivity contribution in [3.05, 3.63) is 60.2 Å². The molecule has 0 radical (unpaired) electrons. The minimum absolute atomic E-state index is 0.0621. The molecule has 0 aromatic heterocycles. The van der Waals surface area contributed by atoms with E-state index >= 15 is 0 Å². The second kappa shape index (κ2) is 8.56. The van der Waals surface area contributed by atoms with E-state index in [4.69, 9.17) is 9.47 Å². The summed E-state index contributed by atoms with van der Waals surface area (Å²) in [5.41, 5.74) is 1.18. The lowest BCUT2D eigenvalue weighted by molar-refractivity contribution is -0.132. The smallest absolute Gasteiger partial charge is 0.260 e. The lowest BCUT2D eigenvalue weighted by Gasteiger charge is -2.17. The van der Waals surface area contributed by atoms with Gasteiger partial charge in [-0.05, 0) is 49.9 Å². The van der Waals surface area contributed by atoms with Crippen molar-refractivity contribution >= 4 is 5.91 Å². The molecular weight excluding hydrogens is 314 g/mol. The Balaban J connectivity index is 1.36. The van der Waals surface area contributed by atoms with Gasteiger partial charge in [0.1, 0.15) is 11.5 Å². The number of ether oxygens (including phenoxy) is 2. The van der Waals surface area contributed by atoms with Gasteiger partial charge in [-0.15, -0.1) is 0 Å². The van der Waals surface area contributed by atoms with Crippen LogP contribution in [0.3, 0.4) is 0 Å². The number of carbonyl (C=O) groups excluding carboxylic acids is 1. The van der Waals surface area contributed by atoms with Gasteiger partial charge < -0.3 is 14.4 Å². The summed E-state index contributed by atoms with van der Waals surface area (Å²) in [6.45, 7) is 4.44. The second-order valence-electron chi connectivity index (χ2n) is 6.55. The third-order valence-corrected chi connectivity index (χ3v) is 4.56. The Morgan fingerprint density at radius 1 is 1.04 bits per heavy atom. The molecule has 0 aliphatic carbocycles. The molecule has 4 nitrogen and oxygen atoms in total. The number of amides is 1. The zero-order valence-electron chi connectivity index (χ0n) is 14.7. The monoisotopic (exact) mass is 339 g/mol. The van der Waals surface area contributed by atoms with Gasteiger partial charge in [-0.25, -0.2) is 0 Å². The van der Waals surface area contributed by atoms with Gasteiger partial charge in [0.05, 0.1) is 6.61 Å². The summed E-state index contributed by atoms with van der Waals surface area (Å²) >= 11 is 0. The maximum Gasteiger partial charge on any atom is 0.260 e. The molecule has 1 heterocycles. The highest BCUT2D eigenvalue weighted by Gasteiger charge is 2.26. The van der Waals surface area contributed by atoms with Crippen molar-refractivity contribution in [2.45, 2.75) is 19.8 Å². The summed E-state index contributed by atoms with van der Waals surface area (Å²) in [7, 11) is 0. The molecule has 1 aliphatic heterocycles. The van der Waals surface area contributed by atoms with E-state index in [1.54, 1.807) is 0 Å². The molecule has 1 fully saturated rings. The van der Waals surface area contributed by atoms with Crippen molar-refractivity contribution in [2.24, 2.45) is 5.92 Å². The number of hydrogen-bond donors (Lipinski definition) is 0. The first kappa shape index (κ1) is 17.3. The SMILES string of the molecule is Cc1ccc(OCC(=O)N2CCC(CCOc3ccccc3)C2)cc1. The maximum atomic E-state index is 12.3. The van der Waals surface area contributed by atoms with E-state index in [0.29, 0.717) is 12.5 Å². The van der Waals surface area contributed by atoms with Crippen LogP contribution in [0.2, 0.25) is 0 Å². The van der Waals surface area contributed by atoms with E-state index in [1.165, 1.54) is 5.56 Å². The first-order valence-corrected chi connectivity index (χ1v) is 8.86. The van der Waals surface area contributed by atoms with Gasteiger partial charge >= 0.3 is 0 Å². The highest BCUT2D eigenvalue weighted by atomic mass is 16.5. The van der Waals surface area contributed by atoms with Gasteiger partial charge in [-0.2, -0.15) is 0 Å². The fraction of sp³-hybridized carbons (Fsp3) is 0.381. The number of nitrogens with zero attached hydrogens (tertiary/aromatic N) is 1. The van der Waals surface area contributed by atoms with Crippen LogP contribution in [0.15, 0.2) is 54.6 Å². The lowest BCUT2D eigenvalue weighted by Crippen LogP contribution is -2.33. The summed E-state index contributed by atoms with van der Waals surface area (Å²) in [6.07, 6.45) is 2.01. The van der Waals surface area contributed by atoms with Crippen LogP contribution in [0.25, 0.3) is 0 Å². The molecule has 1 amide bonds. The van der Waals surface area contributed by atoms with Gasteiger partial charge in [0.2, 0.25) is 0 Å². The molecule has 4 heteroatoms. The summed E-state index contributed by atoms with van der Waals surface area (Å²) in [5, 5.41) is 0. The van der Waals surface area contributed by atoms with Crippen molar-refractivity contribution in [2.75, 3.05) is 26.3 Å². The first-order chi connectivity index (χ1) is 12.2. The highest BCUT2D eigenvalue weighted by molar-refractivity contribution is 5.78. The predicted molar refractivity (Wildman–Crippen MR) is 97.9 cm³/mol. The molecule has 1 unspecified atom stereocenters. The van der Waals surface area contributed by atoms with E-state index in [-0.39, 0.29) is 12.5 Å². The first-order valence-electron chi connectivity index (χ1n) is 8.86. The predicted octanol–water partition coefficient (Wildman–Crippen LogP) is 3.69. The molecule has 1 saturated heterocycles. The number of carbonyl (C=O) groups is 1. The van der Waals surface area contributed by atoms with Crippen molar-refractivity contribution in [3.63, 3.8) is 0 Å². The van der Waals surface area contributed by atoms with Crippen LogP contribution >= 0.6 is 0 Å². The molecule has 1 aliphatic rings. The van der Waals surface area contributed by atoms with Crippen LogP contribution in [0.5, 0.6) is 11.5 Å². The number of likely N-dealkylation sites (tertiary alicyclic amines) is 1. The van der Waals surface area contributed by atoms with E-state index in [1.807, 2.05) is 66.4 Å². The van der Waals surface area contributed by atoms with Gasteiger partial charge in [-0.1, -0.05) is 35.9 Å².